The lowest BCUT2D eigenvalue weighted by atomic mass is 10.2. The molecule has 0 unspecified atom stereocenters. The monoisotopic (exact) mass is 420 g/mol. The van der Waals surface area contributed by atoms with E-state index in [1.807, 2.05) is 6.92 Å². The highest BCUT2D eigenvalue weighted by Crippen LogP contribution is 2.18. The van der Waals surface area contributed by atoms with Gasteiger partial charge < -0.3 is 19.0 Å². The first-order valence-electron chi connectivity index (χ1n) is 8.65. The van der Waals surface area contributed by atoms with Crippen molar-refractivity contribution in [1.29, 1.82) is 0 Å². The number of amides is 2. The molecule has 0 bridgehead atoms. The van der Waals surface area contributed by atoms with E-state index in [-0.39, 0.29) is 11.8 Å². The van der Waals surface area contributed by atoms with E-state index in [2.05, 4.69) is 15.9 Å². The second kappa shape index (κ2) is 8.40. The molecular weight excluding hydrogens is 400 g/mol. The standard InChI is InChI=1S/C19H21BrN2O4/c1-2-25-15-6-4-14(5-7-15)18(23)21-10-3-11-22(13-12-21)19(24)16-8-9-17(20)26-16/h4-9H,2-3,10-13H2,1H3. The van der Waals surface area contributed by atoms with Crippen molar-refractivity contribution in [1.82, 2.24) is 9.80 Å². The molecule has 1 aromatic carbocycles. The van der Waals surface area contributed by atoms with Crippen LogP contribution in [-0.4, -0.2) is 54.4 Å². The molecule has 3 rings (SSSR count). The number of benzene rings is 1. The minimum atomic E-state index is -0.147. The van der Waals surface area contributed by atoms with E-state index in [4.69, 9.17) is 9.15 Å². The summed E-state index contributed by atoms with van der Waals surface area (Å²) in [5.41, 5.74) is 0.628. The van der Waals surface area contributed by atoms with Gasteiger partial charge in [0.1, 0.15) is 5.75 Å². The highest BCUT2D eigenvalue weighted by molar-refractivity contribution is 9.10. The van der Waals surface area contributed by atoms with Gasteiger partial charge in [0, 0.05) is 31.7 Å². The third-order valence-corrected chi connectivity index (χ3v) is 4.69. The fraction of sp³-hybridized carbons (Fsp3) is 0.368. The molecule has 0 saturated carbocycles. The SMILES string of the molecule is CCOc1ccc(C(=O)N2CCCN(C(=O)c3ccc(Br)o3)CC2)cc1. The van der Waals surface area contributed by atoms with Crippen LogP contribution < -0.4 is 4.74 Å². The van der Waals surface area contributed by atoms with Crippen LogP contribution in [0, 0.1) is 0 Å². The summed E-state index contributed by atoms with van der Waals surface area (Å²) in [7, 11) is 0. The van der Waals surface area contributed by atoms with Crippen LogP contribution in [0.2, 0.25) is 0 Å². The lowest BCUT2D eigenvalue weighted by molar-refractivity contribution is 0.0699. The van der Waals surface area contributed by atoms with Crippen LogP contribution in [0.5, 0.6) is 5.75 Å². The van der Waals surface area contributed by atoms with E-state index in [0.717, 1.165) is 12.2 Å². The van der Waals surface area contributed by atoms with Crippen molar-refractivity contribution >= 4 is 27.7 Å². The second-order valence-corrected chi connectivity index (χ2v) is 6.78. The smallest absolute Gasteiger partial charge is 0.289 e. The van der Waals surface area contributed by atoms with Crippen molar-refractivity contribution in [2.75, 3.05) is 32.8 Å². The van der Waals surface area contributed by atoms with Crippen molar-refractivity contribution in [3.63, 3.8) is 0 Å². The maximum atomic E-state index is 12.7. The number of halogens is 1. The van der Waals surface area contributed by atoms with Gasteiger partial charge in [0.25, 0.3) is 11.8 Å². The Hall–Kier alpha value is -2.28. The molecule has 26 heavy (non-hydrogen) atoms. The van der Waals surface area contributed by atoms with Crippen LogP contribution >= 0.6 is 15.9 Å². The average molecular weight is 421 g/mol. The number of carbonyl (C=O) groups excluding carboxylic acids is 2. The summed E-state index contributed by atoms with van der Waals surface area (Å²) >= 11 is 3.21. The van der Waals surface area contributed by atoms with Crippen molar-refractivity contribution in [3.05, 3.63) is 52.4 Å². The molecule has 0 atom stereocenters. The number of hydrogen-bond donors (Lipinski definition) is 0. The summed E-state index contributed by atoms with van der Waals surface area (Å²) < 4.78 is 11.3. The van der Waals surface area contributed by atoms with E-state index in [1.165, 1.54) is 0 Å². The molecule has 0 N–H and O–H groups in total. The van der Waals surface area contributed by atoms with Crippen LogP contribution in [0.25, 0.3) is 0 Å². The molecule has 1 aliphatic rings. The summed E-state index contributed by atoms with van der Waals surface area (Å²) in [5, 5.41) is 0. The van der Waals surface area contributed by atoms with E-state index in [9.17, 15) is 9.59 Å². The topological polar surface area (TPSA) is 63.0 Å². The zero-order valence-corrected chi connectivity index (χ0v) is 16.2. The Morgan fingerprint density at radius 3 is 2.23 bits per heavy atom. The highest BCUT2D eigenvalue weighted by atomic mass is 79.9. The molecule has 1 saturated heterocycles. The first-order chi connectivity index (χ1) is 12.6. The molecule has 2 aromatic rings. The van der Waals surface area contributed by atoms with Crippen molar-refractivity contribution in [3.8, 4) is 5.75 Å². The maximum Gasteiger partial charge on any atom is 0.289 e. The van der Waals surface area contributed by atoms with Crippen LogP contribution in [0.15, 0.2) is 45.5 Å². The summed E-state index contributed by atoms with van der Waals surface area (Å²) in [4.78, 5) is 28.8. The Morgan fingerprint density at radius 1 is 1.00 bits per heavy atom. The van der Waals surface area contributed by atoms with Gasteiger partial charge in [-0.3, -0.25) is 9.59 Å². The molecule has 2 heterocycles. The largest absolute Gasteiger partial charge is 0.494 e. The fourth-order valence-corrected chi connectivity index (χ4v) is 3.26. The highest BCUT2D eigenvalue weighted by Gasteiger charge is 2.25. The van der Waals surface area contributed by atoms with Gasteiger partial charge in [-0.15, -0.1) is 0 Å². The van der Waals surface area contributed by atoms with Crippen molar-refractivity contribution in [2.45, 2.75) is 13.3 Å². The van der Waals surface area contributed by atoms with E-state index in [1.54, 1.807) is 46.2 Å². The Morgan fingerprint density at radius 2 is 1.65 bits per heavy atom. The lowest BCUT2D eigenvalue weighted by Crippen LogP contribution is -2.37. The zero-order chi connectivity index (χ0) is 18.5. The van der Waals surface area contributed by atoms with Crippen molar-refractivity contribution < 1.29 is 18.7 Å². The number of hydrogen-bond acceptors (Lipinski definition) is 4. The third-order valence-electron chi connectivity index (χ3n) is 4.27. The first kappa shape index (κ1) is 18.5. The summed E-state index contributed by atoms with van der Waals surface area (Å²) in [6.07, 6.45) is 0.733. The van der Waals surface area contributed by atoms with Crippen LogP contribution in [0.3, 0.4) is 0 Å². The minimum absolute atomic E-state index is 0.0249. The van der Waals surface area contributed by atoms with Gasteiger partial charge >= 0.3 is 0 Å². The third kappa shape index (κ3) is 4.27. The maximum absolute atomic E-state index is 12.7. The van der Waals surface area contributed by atoms with Gasteiger partial charge in [-0.25, -0.2) is 0 Å². The number of ether oxygens (including phenoxy) is 1. The Kier molecular flexibility index (Phi) is 5.98. The molecule has 0 radical (unpaired) electrons. The van der Waals surface area contributed by atoms with Crippen LogP contribution in [-0.2, 0) is 0 Å². The van der Waals surface area contributed by atoms with Crippen molar-refractivity contribution in [2.24, 2.45) is 0 Å². The normalized spacial score (nSPS) is 14.8. The Bertz CT molecular complexity index is 772. The average Bonchev–Trinajstić information content (AvgIpc) is 2.93. The van der Waals surface area contributed by atoms with Gasteiger partial charge in [0.05, 0.1) is 6.61 Å². The first-order valence-corrected chi connectivity index (χ1v) is 9.44. The second-order valence-electron chi connectivity index (χ2n) is 6.00. The van der Waals surface area contributed by atoms with Gasteiger partial charge in [-0.2, -0.15) is 0 Å². The molecular formula is C19H21BrN2O4. The summed E-state index contributed by atoms with van der Waals surface area (Å²) in [5.74, 6) is 0.888. The van der Waals surface area contributed by atoms with E-state index >= 15 is 0 Å². The Labute approximate surface area is 160 Å². The van der Waals surface area contributed by atoms with Gasteiger partial charge in [0.15, 0.2) is 10.4 Å². The van der Waals surface area contributed by atoms with Gasteiger partial charge in [0.2, 0.25) is 0 Å². The fourth-order valence-electron chi connectivity index (χ4n) is 2.95. The summed E-state index contributed by atoms with van der Waals surface area (Å²) in [6, 6.07) is 10.5. The molecule has 1 aromatic heterocycles. The molecule has 6 nitrogen and oxygen atoms in total. The van der Waals surface area contributed by atoms with Gasteiger partial charge in [-0.05, 0) is 65.7 Å². The molecule has 1 fully saturated rings. The zero-order valence-electron chi connectivity index (χ0n) is 14.6. The summed E-state index contributed by atoms with van der Waals surface area (Å²) in [6.45, 7) is 4.72. The Balaban J connectivity index is 1.62. The predicted molar refractivity (Wildman–Crippen MR) is 100 cm³/mol. The molecule has 2 amide bonds. The molecule has 1 aliphatic heterocycles. The number of nitrogens with zero attached hydrogens (tertiary/aromatic N) is 2. The van der Waals surface area contributed by atoms with E-state index < -0.39 is 0 Å². The molecule has 0 aliphatic carbocycles. The lowest BCUT2D eigenvalue weighted by Gasteiger charge is -2.21. The van der Waals surface area contributed by atoms with Crippen LogP contribution in [0.1, 0.15) is 34.3 Å². The predicted octanol–water partition coefficient (Wildman–Crippen LogP) is 3.43. The quantitative estimate of drug-likeness (QED) is 0.759. The molecule has 138 valence electrons. The minimum Gasteiger partial charge on any atom is -0.494 e. The number of furan rings is 1. The molecule has 0 spiro atoms. The number of rotatable bonds is 4. The number of carbonyl (C=O) groups is 2. The van der Waals surface area contributed by atoms with Gasteiger partial charge in [-0.1, -0.05) is 0 Å². The molecule has 7 heteroatoms. The van der Waals surface area contributed by atoms with E-state index in [0.29, 0.717) is 48.8 Å². The van der Waals surface area contributed by atoms with Crippen LogP contribution in [0.4, 0.5) is 0 Å².